The molecule has 234 valence electrons. The van der Waals surface area contributed by atoms with Crippen molar-refractivity contribution in [1.82, 2.24) is 4.90 Å². The number of carbonyl (C=O) groups excluding carboxylic acids is 2. The van der Waals surface area contributed by atoms with Crippen LogP contribution in [0.4, 0.5) is 11.4 Å². The van der Waals surface area contributed by atoms with Gasteiger partial charge in [-0.25, -0.2) is 0 Å². The summed E-state index contributed by atoms with van der Waals surface area (Å²) in [6.07, 6.45) is 12.9. The highest BCUT2D eigenvalue weighted by Gasteiger charge is 2.22. The molecule has 3 N–H and O–H groups in total. The van der Waals surface area contributed by atoms with E-state index >= 15 is 0 Å². The summed E-state index contributed by atoms with van der Waals surface area (Å²) in [4.78, 5) is 26.5. The zero-order valence-electron chi connectivity index (χ0n) is 25.7. The number of phenols is 1. The normalized spacial score (nSPS) is 11.5. The third-order valence-corrected chi connectivity index (χ3v) is 7.70. The summed E-state index contributed by atoms with van der Waals surface area (Å²) < 4.78 is 26.8. The number of hydrogen-bond acceptors (Lipinski definition) is 6. The van der Waals surface area contributed by atoms with E-state index in [0.29, 0.717) is 31.2 Å². The number of amides is 2. The van der Waals surface area contributed by atoms with Crippen molar-refractivity contribution in [3.63, 3.8) is 0 Å². The van der Waals surface area contributed by atoms with E-state index in [2.05, 4.69) is 17.0 Å². The van der Waals surface area contributed by atoms with Gasteiger partial charge in [0.05, 0.1) is 23.5 Å². The molecule has 0 aromatic heterocycles. The molecule has 0 aliphatic carbocycles. The number of benzene rings is 2. The molecule has 0 aliphatic rings. The number of ether oxygens (including phenoxy) is 1. The average molecular weight is 604 g/mol. The van der Waals surface area contributed by atoms with Gasteiger partial charge in [0.15, 0.2) is 5.75 Å². The highest BCUT2D eigenvalue weighted by Crippen LogP contribution is 2.33. The Morgan fingerprint density at radius 2 is 1.40 bits per heavy atom. The summed E-state index contributed by atoms with van der Waals surface area (Å²) >= 11 is -2.02. The molecule has 42 heavy (non-hydrogen) atoms. The minimum atomic E-state index is -2.02. The minimum absolute atomic E-state index is 0.0176. The molecule has 0 spiro atoms. The lowest BCUT2D eigenvalue weighted by molar-refractivity contribution is -0.115. The Morgan fingerprint density at radius 3 is 1.98 bits per heavy atom. The number of nitrogens with one attached hydrogen (secondary N) is 2. The first kappa shape index (κ1) is 34.9. The van der Waals surface area contributed by atoms with Crippen LogP contribution in [0.2, 0.25) is 0 Å². The monoisotopic (exact) mass is 603 g/mol. The van der Waals surface area contributed by atoms with Gasteiger partial charge in [0.2, 0.25) is 5.91 Å². The van der Waals surface area contributed by atoms with Crippen LogP contribution >= 0.6 is 0 Å². The topological polar surface area (TPSA) is 117 Å². The van der Waals surface area contributed by atoms with Gasteiger partial charge in [-0.15, -0.1) is 0 Å². The van der Waals surface area contributed by atoms with E-state index in [0.717, 1.165) is 12.8 Å². The van der Waals surface area contributed by atoms with Crippen molar-refractivity contribution >= 4 is 34.5 Å². The van der Waals surface area contributed by atoms with Gasteiger partial charge in [-0.1, -0.05) is 71.6 Å². The van der Waals surface area contributed by atoms with Crippen LogP contribution in [0.1, 0.15) is 109 Å². The molecule has 0 saturated heterocycles. The van der Waals surface area contributed by atoms with Crippen molar-refractivity contribution in [3.05, 3.63) is 42.0 Å². The van der Waals surface area contributed by atoms with Gasteiger partial charge in [0, 0.05) is 19.5 Å². The van der Waals surface area contributed by atoms with E-state index < -0.39 is 17.2 Å². The Kier molecular flexibility index (Phi) is 16.4. The molecular formula is C32H49N3O6S. The Balaban J connectivity index is 1.88. The van der Waals surface area contributed by atoms with Crippen LogP contribution in [0.25, 0.3) is 0 Å². The summed E-state index contributed by atoms with van der Waals surface area (Å²) in [6.45, 7) is 9.11. The van der Waals surface area contributed by atoms with Crippen molar-refractivity contribution < 1.29 is 27.8 Å². The van der Waals surface area contributed by atoms with Crippen LogP contribution in [0.3, 0.4) is 0 Å². The predicted molar refractivity (Wildman–Crippen MR) is 170 cm³/mol. The molecular weight excluding hydrogens is 554 g/mol. The molecule has 0 heterocycles. The second-order valence-electron chi connectivity index (χ2n) is 10.2. The molecule has 1 unspecified atom stereocenters. The van der Waals surface area contributed by atoms with Crippen LogP contribution in [0.15, 0.2) is 36.4 Å². The molecule has 0 fully saturated rings. The number of anilines is 2. The van der Waals surface area contributed by atoms with Crippen molar-refractivity contribution in [1.29, 1.82) is 0 Å². The van der Waals surface area contributed by atoms with Crippen molar-refractivity contribution in [3.8, 4) is 17.2 Å². The molecule has 2 aromatic carbocycles. The first-order valence-corrected chi connectivity index (χ1v) is 16.5. The first-order valence-electron chi connectivity index (χ1n) is 15.4. The standard InChI is InChI=1S/C32H49N3O6S/c1-5-9-10-11-12-13-14-15-16-17-22-40-26-18-20-27(21-19-26)41-42(39)34-25-23-28(32(38)35(7-3)8-4)31(37)29(24-25)33-30(36)6-2/h18-21,23-24,34,37H,5-17,22H2,1-4H3,(H,33,36). The van der Waals surface area contributed by atoms with Crippen LogP contribution in [-0.4, -0.2) is 45.7 Å². The van der Waals surface area contributed by atoms with Gasteiger partial charge < -0.3 is 24.2 Å². The molecule has 0 aliphatic heterocycles. The fourth-order valence-corrected chi connectivity index (χ4v) is 5.08. The molecule has 1 atom stereocenters. The summed E-state index contributed by atoms with van der Waals surface area (Å²) in [5.41, 5.74) is 0.267. The average Bonchev–Trinajstić information content (AvgIpc) is 2.98. The molecule has 0 bridgehead atoms. The maximum Gasteiger partial charge on any atom is 0.316 e. The van der Waals surface area contributed by atoms with Gasteiger partial charge in [0.25, 0.3) is 5.91 Å². The van der Waals surface area contributed by atoms with Gasteiger partial charge in [0.1, 0.15) is 11.5 Å². The first-order chi connectivity index (χ1) is 20.3. The predicted octanol–water partition coefficient (Wildman–Crippen LogP) is 7.59. The minimum Gasteiger partial charge on any atom is -0.505 e. The van der Waals surface area contributed by atoms with E-state index in [1.807, 2.05) is 13.8 Å². The third kappa shape index (κ3) is 12.3. The quantitative estimate of drug-likeness (QED) is 0.0769. The van der Waals surface area contributed by atoms with Gasteiger partial charge in [-0.05, 0) is 56.7 Å². The summed E-state index contributed by atoms with van der Waals surface area (Å²) in [5.74, 6) is -0.0135. The lowest BCUT2D eigenvalue weighted by Crippen LogP contribution is -2.30. The zero-order chi connectivity index (χ0) is 30.7. The number of nitrogens with zero attached hydrogens (tertiary/aromatic N) is 1. The summed E-state index contributed by atoms with van der Waals surface area (Å²) in [5, 5.41) is 13.3. The number of carbonyl (C=O) groups is 2. The van der Waals surface area contributed by atoms with Gasteiger partial charge in [-0.2, -0.15) is 4.21 Å². The zero-order valence-corrected chi connectivity index (χ0v) is 26.5. The lowest BCUT2D eigenvalue weighted by atomic mass is 10.1. The van der Waals surface area contributed by atoms with E-state index in [-0.39, 0.29) is 35.0 Å². The van der Waals surface area contributed by atoms with E-state index in [4.69, 9.17) is 8.92 Å². The number of unbranched alkanes of at least 4 members (excludes halogenated alkanes) is 9. The third-order valence-electron chi connectivity index (χ3n) is 6.95. The number of phenolic OH excluding ortho intramolecular Hbond substituents is 1. The smallest absolute Gasteiger partial charge is 0.316 e. The fraction of sp³-hybridized carbons (Fsp3) is 0.562. The molecule has 2 aromatic rings. The van der Waals surface area contributed by atoms with E-state index in [1.165, 1.54) is 68.4 Å². The maximum absolute atomic E-state index is 13.0. The summed E-state index contributed by atoms with van der Waals surface area (Å²) in [6, 6.07) is 9.68. The van der Waals surface area contributed by atoms with Crippen LogP contribution in [-0.2, 0) is 16.1 Å². The number of aromatic hydroxyl groups is 1. The molecule has 0 saturated carbocycles. The Labute approximate surface area is 254 Å². The van der Waals surface area contributed by atoms with Crippen LogP contribution in [0.5, 0.6) is 17.2 Å². The number of rotatable bonds is 21. The highest BCUT2D eigenvalue weighted by atomic mass is 32.2. The number of hydrogen-bond donors (Lipinski definition) is 3. The second-order valence-corrected chi connectivity index (χ2v) is 11.1. The molecule has 10 heteroatoms. The largest absolute Gasteiger partial charge is 0.505 e. The van der Waals surface area contributed by atoms with Gasteiger partial charge in [-0.3, -0.25) is 14.3 Å². The Morgan fingerprint density at radius 1 is 0.833 bits per heavy atom. The fourth-order valence-electron chi connectivity index (χ4n) is 4.45. The Hall–Kier alpha value is -3.27. The lowest BCUT2D eigenvalue weighted by Gasteiger charge is -2.21. The summed E-state index contributed by atoms with van der Waals surface area (Å²) in [7, 11) is 0. The van der Waals surface area contributed by atoms with E-state index in [1.54, 1.807) is 31.2 Å². The molecule has 2 amide bonds. The van der Waals surface area contributed by atoms with Gasteiger partial charge >= 0.3 is 11.3 Å². The van der Waals surface area contributed by atoms with E-state index in [9.17, 15) is 18.9 Å². The SMILES string of the molecule is CCCCCCCCCCCCOc1ccc(OS(=O)Nc2cc(NC(=O)CC)c(O)c(C(=O)N(CC)CC)c2)cc1. The maximum atomic E-state index is 13.0. The highest BCUT2D eigenvalue weighted by molar-refractivity contribution is 7.81. The van der Waals surface area contributed by atoms with Crippen molar-refractivity contribution in [2.75, 3.05) is 29.7 Å². The molecule has 2 rings (SSSR count). The van der Waals surface area contributed by atoms with Crippen LogP contribution < -0.4 is 19.0 Å². The second kappa shape index (κ2) is 19.8. The van der Waals surface area contributed by atoms with Crippen molar-refractivity contribution in [2.45, 2.75) is 98.3 Å². The molecule has 9 nitrogen and oxygen atoms in total. The molecule has 0 radical (unpaired) electrons. The Bertz CT molecular complexity index is 1120. The van der Waals surface area contributed by atoms with Crippen molar-refractivity contribution in [2.24, 2.45) is 0 Å². The van der Waals surface area contributed by atoms with Crippen LogP contribution in [0, 0.1) is 0 Å².